The molecule has 1 saturated carbocycles. The summed E-state index contributed by atoms with van der Waals surface area (Å²) in [6.07, 6.45) is 5.61. The van der Waals surface area contributed by atoms with E-state index in [-0.39, 0.29) is 18.0 Å². The molecule has 1 aliphatic heterocycles. The fourth-order valence-corrected chi connectivity index (χ4v) is 3.75. The van der Waals surface area contributed by atoms with Gasteiger partial charge in [0.05, 0.1) is 0 Å². The lowest BCUT2D eigenvalue weighted by molar-refractivity contribution is -0.135. The Morgan fingerprint density at radius 3 is 2.31 bits per heavy atom. The molecule has 1 saturated heterocycles. The van der Waals surface area contributed by atoms with Gasteiger partial charge in [0.25, 0.3) is 0 Å². The lowest BCUT2D eigenvalue weighted by atomic mass is 9.96. The Morgan fingerprint density at radius 1 is 1.00 bits per heavy atom. The van der Waals surface area contributed by atoms with Crippen molar-refractivity contribution >= 4 is 11.9 Å². The molecule has 3 amide bonds. The van der Waals surface area contributed by atoms with E-state index in [0.29, 0.717) is 13.1 Å². The van der Waals surface area contributed by atoms with E-state index in [9.17, 15) is 9.59 Å². The lowest BCUT2D eigenvalue weighted by Crippen LogP contribution is -2.53. The molecule has 2 aliphatic rings. The summed E-state index contributed by atoms with van der Waals surface area (Å²) in [5.74, 6) is -0.0249. The Balaban J connectivity index is 1.67. The number of rotatable bonds is 4. The standard InChI is InChI=1S/C20H30N4O2/c1-23-12-14-24(15-13-23)19(25)18(16-8-4-2-5-9-16)22-20(26)21-17-10-6-3-7-11-17/h2,4-5,8-9,17-18H,3,6-7,10-15H2,1H3,(H2,21,22,26)/t18-/m0/s1. The van der Waals surface area contributed by atoms with E-state index in [1.54, 1.807) is 0 Å². The van der Waals surface area contributed by atoms with Crippen LogP contribution in [0.1, 0.15) is 43.7 Å². The first kappa shape index (κ1) is 18.7. The first-order chi connectivity index (χ1) is 12.6. The van der Waals surface area contributed by atoms with Crippen LogP contribution < -0.4 is 10.6 Å². The fourth-order valence-electron chi connectivity index (χ4n) is 3.75. The minimum atomic E-state index is -0.636. The van der Waals surface area contributed by atoms with Crippen LogP contribution in [0, 0.1) is 0 Å². The number of carbonyl (C=O) groups excluding carboxylic acids is 2. The Bertz CT molecular complexity index is 593. The average Bonchev–Trinajstić information content (AvgIpc) is 2.68. The first-order valence-corrected chi connectivity index (χ1v) is 9.73. The summed E-state index contributed by atoms with van der Waals surface area (Å²) in [7, 11) is 2.06. The number of urea groups is 1. The summed E-state index contributed by atoms with van der Waals surface area (Å²) >= 11 is 0. The molecule has 1 heterocycles. The van der Waals surface area contributed by atoms with E-state index >= 15 is 0 Å². The molecule has 0 unspecified atom stereocenters. The van der Waals surface area contributed by atoms with Crippen LogP contribution in [0.4, 0.5) is 4.79 Å². The normalized spacial score (nSPS) is 20.4. The molecular formula is C20H30N4O2. The molecule has 0 aromatic heterocycles. The van der Waals surface area contributed by atoms with Gasteiger partial charge >= 0.3 is 6.03 Å². The summed E-state index contributed by atoms with van der Waals surface area (Å²) in [5, 5.41) is 5.99. The van der Waals surface area contributed by atoms with E-state index in [2.05, 4.69) is 22.6 Å². The Labute approximate surface area is 155 Å². The van der Waals surface area contributed by atoms with Crippen LogP contribution in [0.25, 0.3) is 0 Å². The van der Waals surface area contributed by atoms with E-state index < -0.39 is 6.04 Å². The second-order valence-electron chi connectivity index (χ2n) is 7.42. The van der Waals surface area contributed by atoms with E-state index in [0.717, 1.165) is 44.3 Å². The lowest BCUT2D eigenvalue weighted by Gasteiger charge is -2.35. The van der Waals surface area contributed by atoms with Crippen molar-refractivity contribution in [1.29, 1.82) is 0 Å². The molecular weight excluding hydrogens is 328 g/mol. The second kappa shape index (κ2) is 9.03. The van der Waals surface area contributed by atoms with Crippen LogP contribution >= 0.6 is 0 Å². The van der Waals surface area contributed by atoms with Gasteiger partial charge in [-0.15, -0.1) is 0 Å². The average molecular weight is 358 g/mol. The van der Waals surface area contributed by atoms with E-state index in [1.165, 1.54) is 6.42 Å². The number of nitrogens with one attached hydrogen (secondary N) is 2. The number of likely N-dealkylation sites (N-methyl/N-ethyl adjacent to an activating group) is 1. The third kappa shape index (κ3) is 4.97. The first-order valence-electron chi connectivity index (χ1n) is 9.73. The van der Waals surface area contributed by atoms with Crippen LogP contribution in [0.3, 0.4) is 0 Å². The predicted octanol–water partition coefficient (Wildman–Crippen LogP) is 2.13. The van der Waals surface area contributed by atoms with Gasteiger partial charge in [-0.3, -0.25) is 4.79 Å². The highest BCUT2D eigenvalue weighted by Gasteiger charge is 2.29. The van der Waals surface area contributed by atoms with Gasteiger partial charge in [0.2, 0.25) is 5.91 Å². The van der Waals surface area contributed by atoms with Gasteiger partial charge in [0.1, 0.15) is 6.04 Å². The SMILES string of the molecule is CN1CCN(C(=O)[C@@H](NC(=O)NC2CCCCC2)c2ccccc2)CC1. The summed E-state index contributed by atoms with van der Waals surface area (Å²) < 4.78 is 0. The van der Waals surface area contributed by atoms with Crippen LogP contribution in [0.5, 0.6) is 0 Å². The van der Waals surface area contributed by atoms with E-state index in [1.807, 2.05) is 35.2 Å². The Hall–Kier alpha value is -2.08. The van der Waals surface area contributed by atoms with Crippen molar-refractivity contribution in [2.75, 3.05) is 33.2 Å². The number of nitrogens with zero attached hydrogens (tertiary/aromatic N) is 2. The maximum absolute atomic E-state index is 13.1. The monoisotopic (exact) mass is 358 g/mol. The van der Waals surface area contributed by atoms with Crippen molar-refractivity contribution in [3.63, 3.8) is 0 Å². The number of carbonyl (C=O) groups is 2. The number of amides is 3. The van der Waals surface area contributed by atoms with Crippen LogP contribution in [0.2, 0.25) is 0 Å². The summed E-state index contributed by atoms with van der Waals surface area (Å²) in [6.45, 7) is 3.12. The van der Waals surface area contributed by atoms with Crippen molar-refractivity contribution < 1.29 is 9.59 Å². The van der Waals surface area contributed by atoms with Gasteiger partial charge in [0.15, 0.2) is 0 Å². The number of hydrogen-bond donors (Lipinski definition) is 2. The van der Waals surface area contributed by atoms with Crippen molar-refractivity contribution in [3.8, 4) is 0 Å². The zero-order valence-corrected chi connectivity index (χ0v) is 15.6. The molecule has 0 bridgehead atoms. The maximum Gasteiger partial charge on any atom is 0.315 e. The van der Waals surface area contributed by atoms with Gasteiger partial charge in [-0.25, -0.2) is 4.79 Å². The molecule has 6 heteroatoms. The largest absolute Gasteiger partial charge is 0.338 e. The van der Waals surface area contributed by atoms with Gasteiger partial charge in [-0.2, -0.15) is 0 Å². The van der Waals surface area contributed by atoms with Crippen LogP contribution in [-0.4, -0.2) is 61.0 Å². The highest BCUT2D eigenvalue weighted by molar-refractivity contribution is 5.88. The van der Waals surface area contributed by atoms with Crippen molar-refractivity contribution in [1.82, 2.24) is 20.4 Å². The van der Waals surface area contributed by atoms with Crippen LogP contribution in [-0.2, 0) is 4.79 Å². The molecule has 142 valence electrons. The number of hydrogen-bond acceptors (Lipinski definition) is 3. The molecule has 1 aromatic rings. The quantitative estimate of drug-likeness (QED) is 0.867. The minimum Gasteiger partial charge on any atom is -0.338 e. The Kier molecular flexibility index (Phi) is 6.50. The van der Waals surface area contributed by atoms with Crippen molar-refractivity contribution in [3.05, 3.63) is 35.9 Å². The van der Waals surface area contributed by atoms with Crippen molar-refractivity contribution in [2.45, 2.75) is 44.2 Å². The predicted molar refractivity (Wildman–Crippen MR) is 102 cm³/mol. The number of piperazine rings is 1. The molecule has 1 aliphatic carbocycles. The fraction of sp³-hybridized carbons (Fsp3) is 0.600. The molecule has 6 nitrogen and oxygen atoms in total. The molecule has 1 aromatic carbocycles. The van der Waals surface area contributed by atoms with Gasteiger partial charge in [-0.1, -0.05) is 49.6 Å². The molecule has 3 rings (SSSR count). The van der Waals surface area contributed by atoms with E-state index in [4.69, 9.17) is 0 Å². The van der Waals surface area contributed by atoms with Crippen LogP contribution in [0.15, 0.2) is 30.3 Å². The minimum absolute atomic E-state index is 0.0249. The summed E-state index contributed by atoms with van der Waals surface area (Å²) in [5.41, 5.74) is 0.829. The maximum atomic E-state index is 13.1. The summed E-state index contributed by atoms with van der Waals surface area (Å²) in [6, 6.07) is 8.87. The molecule has 0 radical (unpaired) electrons. The van der Waals surface area contributed by atoms with Gasteiger partial charge in [-0.05, 0) is 25.5 Å². The zero-order valence-electron chi connectivity index (χ0n) is 15.6. The third-order valence-corrected chi connectivity index (χ3v) is 5.41. The highest BCUT2D eigenvalue weighted by Crippen LogP contribution is 2.19. The third-order valence-electron chi connectivity index (χ3n) is 5.41. The summed E-state index contributed by atoms with van der Waals surface area (Å²) in [4.78, 5) is 29.7. The molecule has 0 spiro atoms. The van der Waals surface area contributed by atoms with Crippen molar-refractivity contribution in [2.24, 2.45) is 0 Å². The van der Waals surface area contributed by atoms with Gasteiger partial charge < -0.3 is 20.4 Å². The smallest absolute Gasteiger partial charge is 0.315 e. The number of benzene rings is 1. The molecule has 26 heavy (non-hydrogen) atoms. The Morgan fingerprint density at radius 2 is 1.65 bits per heavy atom. The highest BCUT2D eigenvalue weighted by atomic mass is 16.2. The van der Waals surface area contributed by atoms with Gasteiger partial charge in [0, 0.05) is 32.2 Å². The molecule has 1 atom stereocenters. The zero-order chi connectivity index (χ0) is 18.4. The topological polar surface area (TPSA) is 64.7 Å². The molecule has 2 N–H and O–H groups in total. The molecule has 2 fully saturated rings. The second-order valence-corrected chi connectivity index (χ2v) is 7.42.